The van der Waals surface area contributed by atoms with E-state index in [2.05, 4.69) is 31.2 Å². The minimum Gasteiger partial charge on any atom is -0.482 e. The quantitative estimate of drug-likeness (QED) is 0.749. The fraction of sp³-hybridized carbons (Fsp3) is 0.471. The summed E-state index contributed by atoms with van der Waals surface area (Å²) < 4.78 is 6.26. The van der Waals surface area contributed by atoms with E-state index in [1.165, 1.54) is 24.8 Å². The molecule has 2 aliphatic rings. The molecule has 1 aliphatic carbocycles. The first-order valence-corrected chi connectivity index (χ1v) is 7.22. The van der Waals surface area contributed by atoms with Crippen LogP contribution in [0.4, 0.5) is 0 Å². The average molecular weight is 253 g/mol. The molecule has 0 unspecified atom stereocenters. The molecule has 0 bridgehead atoms. The molecule has 0 N–H and O–H groups in total. The lowest BCUT2D eigenvalue weighted by Gasteiger charge is -2.38. The van der Waals surface area contributed by atoms with Crippen LogP contribution in [0.5, 0.6) is 5.75 Å². The Morgan fingerprint density at radius 1 is 1.26 bits per heavy atom. The van der Waals surface area contributed by atoms with Crippen molar-refractivity contribution in [3.05, 3.63) is 35.4 Å². The Balaban J connectivity index is 2.05. The van der Waals surface area contributed by atoms with E-state index in [0.717, 1.165) is 36.1 Å². The van der Waals surface area contributed by atoms with Gasteiger partial charge in [0.05, 0.1) is 11.6 Å². The Morgan fingerprint density at radius 3 is 2.74 bits per heavy atom. The van der Waals surface area contributed by atoms with E-state index in [9.17, 15) is 5.26 Å². The zero-order chi connectivity index (χ0) is 13.3. The summed E-state index contributed by atoms with van der Waals surface area (Å²) in [5, 5.41) is 9.44. The summed E-state index contributed by atoms with van der Waals surface area (Å²) in [4.78, 5) is 0. The highest BCUT2D eigenvalue weighted by molar-refractivity contribution is 5.82. The van der Waals surface area contributed by atoms with E-state index in [-0.39, 0.29) is 5.60 Å². The van der Waals surface area contributed by atoms with E-state index >= 15 is 0 Å². The molecule has 0 amide bonds. The minimum atomic E-state index is -0.218. The lowest BCUT2D eigenvalue weighted by Crippen LogP contribution is -2.38. The van der Waals surface area contributed by atoms with Gasteiger partial charge >= 0.3 is 0 Å². The van der Waals surface area contributed by atoms with Crippen LogP contribution in [0.2, 0.25) is 0 Å². The first-order valence-electron chi connectivity index (χ1n) is 7.22. The molecular weight excluding hydrogens is 234 g/mol. The predicted molar refractivity (Wildman–Crippen MR) is 75.9 cm³/mol. The third-order valence-electron chi connectivity index (χ3n) is 4.28. The molecule has 1 aliphatic heterocycles. The summed E-state index contributed by atoms with van der Waals surface area (Å²) >= 11 is 0. The van der Waals surface area contributed by atoms with Gasteiger partial charge in [0.25, 0.3) is 0 Å². The lowest BCUT2D eigenvalue weighted by molar-refractivity contribution is 0.0747. The summed E-state index contributed by atoms with van der Waals surface area (Å²) in [7, 11) is 0. The van der Waals surface area contributed by atoms with Gasteiger partial charge in [0, 0.05) is 5.56 Å². The Bertz CT molecular complexity index is 559. The maximum Gasteiger partial charge on any atom is 0.129 e. The summed E-state index contributed by atoms with van der Waals surface area (Å²) in [5.41, 5.74) is 2.80. The highest BCUT2D eigenvalue weighted by atomic mass is 16.5. The maximum absolute atomic E-state index is 9.44. The fourth-order valence-electron chi connectivity index (χ4n) is 3.17. The number of ether oxygens (including phenoxy) is 1. The van der Waals surface area contributed by atoms with Crippen LogP contribution in [-0.2, 0) is 6.42 Å². The van der Waals surface area contributed by atoms with Crippen molar-refractivity contribution in [2.75, 3.05) is 0 Å². The molecule has 3 rings (SSSR count). The summed E-state index contributed by atoms with van der Waals surface area (Å²) in [6.45, 7) is 2.13. The van der Waals surface area contributed by atoms with Crippen LogP contribution in [0.1, 0.15) is 50.2 Å². The molecule has 0 radical (unpaired) electrons. The molecule has 1 aromatic carbocycles. The largest absolute Gasteiger partial charge is 0.482 e. The zero-order valence-corrected chi connectivity index (χ0v) is 11.4. The number of fused-ring (bicyclic) bond motifs is 1. The van der Waals surface area contributed by atoms with Gasteiger partial charge in [-0.1, -0.05) is 19.4 Å². The van der Waals surface area contributed by atoms with Crippen LogP contribution < -0.4 is 4.74 Å². The highest BCUT2D eigenvalue weighted by Crippen LogP contribution is 2.42. The second kappa shape index (κ2) is 4.74. The smallest absolute Gasteiger partial charge is 0.129 e. The Hall–Kier alpha value is -1.75. The zero-order valence-electron chi connectivity index (χ0n) is 11.4. The van der Waals surface area contributed by atoms with Gasteiger partial charge in [-0.2, -0.15) is 5.26 Å². The molecule has 1 spiro atoms. The van der Waals surface area contributed by atoms with Crippen LogP contribution in [0.25, 0.3) is 5.57 Å². The van der Waals surface area contributed by atoms with Crippen molar-refractivity contribution in [1.82, 2.24) is 0 Å². The summed E-state index contributed by atoms with van der Waals surface area (Å²) in [6, 6.07) is 8.60. The van der Waals surface area contributed by atoms with Gasteiger partial charge in [-0.15, -0.1) is 0 Å². The van der Waals surface area contributed by atoms with Crippen molar-refractivity contribution in [3.8, 4) is 11.8 Å². The van der Waals surface area contributed by atoms with Gasteiger partial charge in [0.1, 0.15) is 11.4 Å². The highest BCUT2D eigenvalue weighted by Gasteiger charge is 2.36. The second-order valence-electron chi connectivity index (χ2n) is 5.58. The Morgan fingerprint density at radius 2 is 2.05 bits per heavy atom. The molecule has 0 saturated heterocycles. The SMILES string of the molecule is CCc1ccc2c(c1)C(C#N)=CC1(CCCCC1)O2. The number of allylic oxidation sites excluding steroid dienone is 1. The van der Waals surface area contributed by atoms with Crippen molar-refractivity contribution in [2.45, 2.75) is 51.0 Å². The molecule has 1 fully saturated rings. The van der Waals surface area contributed by atoms with Crippen LogP contribution in [0.3, 0.4) is 0 Å². The fourth-order valence-corrected chi connectivity index (χ4v) is 3.17. The molecule has 1 aromatic rings. The van der Waals surface area contributed by atoms with E-state index in [4.69, 9.17) is 4.74 Å². The third-order valence-corrected chi connectivity index (χ3v) is 4.28. The van der Waals surface area contributed by atoms with Gasteiger partial charge in [-0.05, 0) is 55.9 Å². The molecule has 0 aromatic heterocycles. The van der Waals surface area contributed by atoms with Crippen LogP contribution in [-0.4, -0.2) is 5.60 Å². The third kappa shape index (κ3) is 2.14. The number of nitrogens with zero attached hydrogens (tertiary/aromatic N) is 1. The Labute approximate surface area is 114 Å². The molecule has 2 heteroatoms. The van der Waals surface area contributed by atoms with E-state index in [1.54, 1.807) is 0 Å². The number of nitriles is 1. The van der Waals surface area contributed by atoms with Crippen LogP contribution in [0, 0.1) is 11.3 Å². The van der Waals surface area contributed by atoms with E-state index in [0.29, 0.717) is 0 Å². The van der Waals surface area contributed by atoms with Gasteiger partial charge in [0.15, 0.2) is 0 Å². The van der Waals surface area contributed by atoms with Gasteiger partial charge in [-0.25, -0.2) is 0 Å². The number of rotatable bonds is 1. The standard InChI is InChI=1S/C17H19NO/c1-2-13-6-7-16-15(10-13)14(12-18)11-17(19-16)8-4-3-5-9-17/h6-7,10-11H,2-5,8-9H2,1H3. The second-order valence-corrected chi connectivity index (χ2v) is 5.58. The van der Waals surface area contributed by atoms with Crippen molar-refractivity contribution < 1.29 is 4.74 Å². The molecule has 0 atom stereocenters. The molecular formula is C17H19NO. The maximum atomic E-state index is 9.44. The average Bonchev–Trinajstić information content (AvgIpc) is 2.47. The molecule has 1 saturated carbocycles. The van der Waals surface area contributed by atoms with E-state index < -0.39 is 0 Å². The van der Waals surface area contributed by atoms with Crippen molar-refractivity contribution in [1.29, 1.82) is 5.26 Å². The van der Waals surface area contributed by atoms with Crippen LogP contribution >= 0.6 is 0 Å². The van der Waals surface area contributed by atoms with Gasteiger partial charge < -0.3 is 4.74 Å². The topological polar surface area (TPSA) is 33.0 Å². The van der Waals surface area contributed by atoms with E-state index in [1.807, 2.05) is 6.07 Å². The van der Waals surface area contributed by atoms with Gasteiger partial charge in [0.2, 0.25) is 0 Å². The normalized spacial score (nSPS) is 20.1. The summed E-state index contributed by atoms with van der Waals surface area (Å²) in [5.74, 6) is 0.887. The minimum absolute atomic E-state index is 0.218. The monoisotopic (exact) mass is 253 g/mol. The number of benzene rings is 1. The van der Waals surface area contributed by atoms with Crippen molar-refractivity contribution in [3.63, 3.8) is 0 Å². The predicted octanol–water partition coefficient (Wildman–Crippen LogP) is 4.25. The van der Waals surface area contributed by atoms with Crippen LogP contribution in [0.15, 0.2) is 24.3 Å². The number of hydrogen-bond acceptors (Lipinski definition) is 2. The van der Waals surface area contributed by atoms with Gasteiger partial charge in [-0.3, -0.25) is 0 Å². The molecule has 2 nitrogen and oxygen atoms in total. The number of hydrogen-bond donors (Lipinski definition) is 0. The molecule has 98 valence electrons. The van der Waals surface area contributed by atoms with Crippen molar-refractivity contribution in [2.24, 2.45) is 0 Å². The molecule has 19 heavy (non-hydrogen) atoms. The van der Waals surface area contributed by atoms with Crippen molar-refractivity contribution >= 4 is 5.57 Å². The first-order chi connectivity index (χ1) is 9.26. The Kier molecular flexibility index (Phi) is 3.06. The first kappa shape index (κ1) is 12.3. The lowest BCUT2D eigenvalue weighted by atomic mass is 9.80. The molecule has 1 heterocycles. The summed E-state index contributed by atoms with van der Waals surface area (Å²) in [6.07, 6.45) is 8.79. The number of aryl methyl sites for hydroxylation is 1.